The molecule has 6 nitrogen and oxygen atoms in total. The lowest BCUT2D eigenvalue weighted by Crippen LogP contribution is -2.54. The van der Waals surface area contributed by atoms with Crippen LogP contribution in [0.5, 0.6) is 0 Å². The van der Waals surface area contributed by atoms with Gasteiger partial charge in [0.1, 0.15) is 0 Å². The highest BCUT2D eigenvalue weighted by atomic mass is 16.2. The fraction of sp³-hybridized carbons (Fsp3) is 0.647. The first-order chi connectivity index (χ1) is 11.1. The number of aromatic nitrogens is 1. The van der Waals surface area contributed by atoms with Crippen molar-refractivity contribution in [2.24, 2.45) is 5.92 Å². The number of urea groups is 1. The highest BCUT2D eigenvalue weighted by Crippen LogP contribution is 2.12. The Kier molecular flexibility index (Phi) is 6.80. The Labute approximate surface area is 139 Å². The van der Waals surface area contributed by atoms with Crippen molar-refractivity contribution in [1.82, 2.24) is 25.4 Å². The van der Waals surface area contributed by atoms with Crippen LogP contribution in [0.3, 0.4) is 0 Å². The van der Waals surface area contributed by atoms with E-state index in [9.17, 15) is 4.79 Å². The molecule has 0 aromatic carbocycles. The molecule has 0 bridgehead atoms. The average Bonchev–Trinajstić information content (AvgIpc) is 2.55. The number of hydrogen-bond acceptors (Lipinski definition) is 4. The van der Waals surface area contributed by atoms with Crippen molar-refractivity contribution in [3.63, 3.8) is 0 Å². The number of rotatable bonds is 6. The van der Waals surface area contributed by atoms with E-state index in [1.807, 2.05) is 18.2 Å². The van der Waals surface area contributed by atoms with Gasteiger partial charge in [-0.15, -0.1) is 0 Å². The number of pyridine rings is 1. The first kappa shape index (κ1) is 17.7. The third-order valence-corrected chi connectivity index (χ3v) is 4.40. The van der Waals surface area contributed by atoms with Crippen molar-refractivity contribution in [1.29, 1.82) is 0 Å². The summed E-state index contributed by atoms with van der Waals surface area (Å²) in [6.45, 7) is 9.88. The van der Waals surface area contributed by atoms with Crippen LogP contribution in [0.25, 0.3) is 0 Å². The van der Waals surface area contributed by atoms with Crippen LogP contribution in [-0.2, 0) is 6.54 Å². The highest BCUT2D eigenvalue weighted by Gasteiger charge is 2.25. The van der Waals surface area contributed by atoms with Gasteiger partial charge >= 0.3 is 6.03 Å². The molecule has 6 heteroatoms. The molecule has 0 radical (unpaired) electrons. The van der Waals surface area contributed by atoms with E-state index in [1.165, 1.54) is 0 Å². The third kappa shape index (κ3) is 5.80. The Hall–Kier alpha value is -1.66. The Morgan fingerprint density at radius 3 is 2.57 bits per heavy atom. The maximum absolute atomic E-state index is 12.0. The van der Waals surface area contributed by atoms with Crippen LogP contribution in [0, 0.1) is 5.92 Å². The van der Waals surface area contributed by atoms with Crippen LogP contribution >= 0.6 is 0 Å². The summed E-state index contributed by atoms with van der Waals surface area (Å²) in [6.07, 6.45) is 1.73. The summed E-state index contributed by atoms with van der Waals surface area (Å²) in [5.41, 5.74) is 0.863. The third-order valence-electron chi connectivity index (χ3n) is 4.40. The molecule has 2 N–H and O–H groups in total. The molecule has 2 amide bonds. The molecule has 1 aliphatic rings. The zero-order valence-corrected chi connectivity index (χ0v) is 14.5. The molecular weight excluding hydrogens is 290 g/mol. The molecule has 1 aliphatic heterocycles. The smallest absolute Gasteiger partial charge is 0.315 e. The first-order valence-electron chi connectivity index (χ1n) is 8.40. The summed E-state index contributed by atoms with van der Waals surface area (Å²) in [5.74, 6) is 0.509. The van der Waals surface area contributed by atoms with Crippen LogP contribution in [0.1, 0.15) is 19.5 Å². The van der Waals surface area contributed by atoms with Gasteiger partial charge in [-0.05, 0) is 25.1 Å². The van der Waals surface area contributed by atoms with Crippen LogP contribution < -0.4 is 10.6 Å². The second kappa shape index (κ2) is 8.84. The Bertz CT molecular complexity index is 471. The van der Waals surface area contributed by atoms with E-state index in [-0.39, 0.29) is 6.03 Å². The van der Waals surface area contributed by atoms with Crippen molar-refractivity contribution >= 4 is 6.03 Å². The second-order valence-corrected chi connectivity index (χ2v) is 6.54. The van der Waals surface area contributed by atoms with E-state index in [0.29, 0.717) is 25.0 Å². The lowest BCUT2D eigenvalue weighted by Gasteiger charge is -2.39. The lowest BCUT2D eigenvalue weighted by atomic mass is 10.0. The summed E-state index contributed by atoms with van der Waals surface area (Å²) in [5, 5.41) is 5.87. The number of carbonyl (C=O) groups is 1. The zero-order valence-electron chi connectivity index (χ0n) is 14.5. The lowest BCUT2D eigenvalue weighted by molar-refractivity contribution is 0.0887. The van der Waals surface area contributed by atoms with Crippen LogP contribution in [-0.4, -0.2) is 66.6 Å². The quantitative estimate of drug-likeness (QED) is 0.826. The molecule has 1 atom stereocenters. The summed E-state index contributed by atoms with van der Waals surface area (Å²) in [4.78, 5) is 21.0. The molecule has 23 heavy (non-hydrogen) atoms. The predicted molar refractivity (Wildman–Crippen MR) is 92.2 cm³/mol. The number of amides is 2. The number of carbonyl (C=O) groups excluding carboxylic acids is 1. The fourth-order valence-electron chi connectivity index (χ4n) is 2.87. The minimum absolute atomic E-state index is 0.129. The van der Waals surface area contributed by atoms with Gasteiger partial charge in [0.2, 0.25) is 0 Å². The fourth-order valence-corrected chi connectivity index (χ4v) is 2.87. The molecule has 2 heterocycles. The largest absolute Gasteiger partial charge is 0.337 e. The second-order valence-electron chi connectivity index (χ2n) is 6.54. The van der Waals surface area contributed by atoms with Gasteiger partial charge in [-0.2, -0.15) is 0 Å². The van der Waals surface area contributed by atoms with Crippen molar-refractivity contribution in [2.45, 2.75) is 26.4 Å². The predicted octanol–water partition coefficient (Wildman–Crippen LogP) is 1.15. The molecule has 1 aromatic heterocycles. The molecule has 0 saturated carbocycles. The maximum atomic E-state index is 12.0. The number of likely N-dealkylation sites (N-methyl/N-ethyl adjacent to an activating group) is 1. The van der Waals surface area contributed by atoms with Crippen molar-refractivity contribution in [3.05, 3.63) is 30.1 Å². The molecule has 2 rings (SSSR count). The van der Waals surface area contributed by atoms with Crippen molar-refractivity contribution < 1.29 is 4.79 Å². The molecule has 1 fully saturated rings. The molecule has 128 valence electrons. The SMILES string of the molecule is CC(C)[C@H](CNC(=O)NCc1ccccn1)N1CCN(C)CC1. The van der Waals surface area contributed by atoms with E-state index in [1.54, 1.807) is 6.20 Å². The van der Waals surface area contributed by atoms with Gasteiger partial charge in [0.25, 0.3) is 0 Å². The van der Waals surface area contributed by atoms with E-state index < -0.39 is 0 Å². The van der Waals surface area contributed by atoms with Crippen LogP contribution in [0.2, 0.25) is 0 Å². The minimum Gasteiger partial charge on any atom is -0.337 e. The zero-order chi connectivity index (χ0) is 16.7. The van der Waals surface area contributed by atoms with E-state index in [2.05, 4.69) is 46.3 Å². The molecule has 1 aromatic rings. The summed E-state index contributed by atoms with van der Waals surface area (Å²) < 4.78 is 0. The molecule has 1 saturated heterocycles. The molecular formula is C17H29N5O. The van der Waals surface area contributed by atoms with Gasteiger partial charge in [-0.1, -0.05) is 19.9 Å². The monoisotopic (exact) mass is 319 g/mol. The number of piperazine rings is 1. The summed E-state index contributed by atoms with van der Waals surface area (Å²) in [7, 11) is 2.16. The van der Waals surface area contributed by atoms with E-state index >= 15 is 0 Å². The van der Waals surface area contributed by atoms with Crippen molar-refractivity contribution in [3.8, 4) is 0 Å². The number of nitrogens with one attached hydrogen (secondary N) is 2. The first-order valence-corrected chi connectivity index (χ1v) is 8.40. The van der Waals surface area contributed by atoms with Gasteiger partial charge in [-0.3, -0.25) is 9.88 Å². The normalized spacial score (nSPS) is 17.9. The van der Waals surface area contributed by atoms with E-state index in [4.69, 9.17) is 0 Å². The van der Waals surface area contributed by atoms with Crippen LogP contribution in [0.4, 0.5) is 4.79 Å². The van der Waals surface area contributed by atoms with Gasteiger partial charge in [-0.25, -0.2) is 4.79 Å². The van der Waals surface area contributed by atoms with Gasteiger partial charge in [0.15, 0.2) is 0 Å². The average molecular weight is 319 g/mol. The van der Waals surface area contributed by atoms with Crippen molar-refractivity contribution in [2.75, 3.05) is 39.8 Å². The summed E-state index contributed by atoms with van der Waals surface area (Å²) in [6, 6.07) is 5.94. The molecule has 0 spiro atoms. The van der Waals surface area contributed by atoms with Gasteiger partial charge in [0.05, 0.1) is 12.2 Å². The summed E-state index contributed by atoms with van der Waals surface area (Å²) >= 11 is 0. The minimum atomic E-state index is -0.129. The van der Waals surface area contributed by atoms with Gasteiger partial charge < -0.3 is 15.5 Å². The van der Waals surface area contributed by atoms with Crippen LogP contribution in [0.15, 0.2) is 24.4 Å². The molecule has 0 unspecified atom stereocenters. The Morgan fingerprint density at radius 2 is 1.96 bits per heavy atom. The van der Waals surface area contributed by atoms with Gasteiger partial charge in [0, 0.05) is 45.0 Å². The Balaban J connectivity index is 1.76. The highest BCUT2D eigenvalue weighted by molar-refractivity contribution is 5.73. The standard InChI is InChI=1S/C17H29N5O/c1-14(2)16(22-10-8-21(3)9-11-22)13-20-17(23)19-12-15-6-4-5-7-18-15/h4-7,14,16H,8-13H2,1-3H3,(H2,19,20,23)/t16-/m0/s1. The molecule has 0 aliphatic carbocycles. The Morgan fingerprint density at radius 1 is 1.22 bits per heavy atom. The number of hydrogen-bond donors (Lipinski definition) is 2. The topological polar surface area (TPSA) is 60.5 Å². The number of nitrogens with zero attached hydrogens (tertiary/aromatic N) is 3. The maximum Gasteiger partial charge on any atom is 0.315 e. The van der Waals surface area contributed by atoms with E-state index in [0.717, 1.165) is 31.9 Å².